The number of hydrogen-bond acceptors (Lipinski definition) is 4. The Hall–Kier alpha value is -0.910. The van der Waals surface area contributed by atoms with Gasteiger partial charge in [0.1, 0.15) is 4.88 Å². The SMILES string of the molecule is O=C(O)c1ccc(CNC2CCOC2)s1. The van der Waals surface area contributed by atoms with E-state index in [-0.39, 0.29) is 0 Å². The number of aromatic carboxylic acids is 1. The molecule has 5 heteroatoms. The zero-order chi connectivity index (χ0) is 10.7. The van der Waals surface area contributed by atoms with Gasteiger partial charge in [0.25, 0.3) is 0 Å². The van der Waals surface area contributed by atoms with Crippen molar-refractivity contribution in [2.75, 3.05) is 13.2 Å². The summed E-state index contributed by atoms with van der Waals surface area (Å²) in [6, 6.07) is 3.92. The number of carboxylic acid groups (broad SMARTS) is 1. The molecule has 1 fully saturated rings. The van der Waals surface area contributed by atoms with Crippen LogP contribution in [0.1, 0.15) is 21.0 Å². The normalized spacial score (nSPS) is 20.7. The van der Waals surface area contributed by atoms with Gasteiger partial charge in [-0.2, -0.15) is 0 Å². The first-order valence-corrected chi connectivity index (χ1v) is 5.70. The van der Waals surface area contributed by atoms with Crippen LogP contribution < -0.4 is 5.32 Å². The monoisotopic (exact) mass is 227 g/mol. The van der Waals surface area contributed by atoms with Gasteiger partial charge in [0.15, 0.2) is 0 Å². The fourth-order valence-electron chi connectivity index (χ4n) is 1.53. The van der Waals surface area contributed by atoms with Crippen LogP contribution in [0.3, 0.4) is 0 Å². The zero-order valence-corrected chi connectivity index (χ0v) is 9.05. The minimum atomic E-state index is -0.851. The highest BCUT2D eigenvalue weighted by atomic mass is 32.1. The molecule has 15 heavy (non-hydrogen) atoms. The molecule has 1 aromatic rings. The Bertz CT molecular complexity index is 344. The predicted molar refractivity (Wildman–Crippen MR) is 57.3 cm³/mol. The van der Waals surface area contributed by atoms with E-state index in [0.29, 0.717) is 10.9 Å². The zero-order valence-electron chi connectivity index (χ0n) is 8.23. The summed E-state index contributed by atoms with van der Waals surface area (Å²) in [5, 5.41) is 12.1. The number of rotatable bonds is 4. The lowest BCUT2D eigenvalue weighted by atomic mass is 10.2. The van der Waals surface area contributed by atoms with Crippen molar-refractivity contribution >= 4 is 17.3 Å². The van der Waals surface area contributed by atoms with Crippen molar-refractivity contribution in [2.24, 2.45) is 0 Å². The third-order valence-electron chi connectivity index (χ3n) is 2.37. The summed E-state index contributed by atoms with van der Waals surface area (Å²) < 4.78 is 5.24. The van der Waals surface area contributed by atoms with Crippen LogP contribution in [-0.4, -0.2) is 30.3 Å². The third kappa shape index (κ3) is 2.77. The molecule has 1 aromatic heterocycles. The molecule has 1 unspecified atom stereocenters. The summed E-state index contributed by atoms with van der Waals surface area (Å²) in [5.41, 5.74) is 0. The van der Waals surface area contributed by atoms with Gasteiger partial charge in [-0.25, -0.2) is 4.79 Å². The second-order valence-corrected chi connectivity index (χ2v) is 4.68. The molecular weight excluding hydrogens is 214 g/mol. The average molecular weight is 227 g/mol. The molecular formula is C10H13NO3S. The highest BCUT2D eigenvalue weighted by molar-refractivity contribution is 7.13. The smallest absolute Gasteiger partial charge is 0.345 e. The van der Waals surface area contributed by atoms with Crippen molar-refractivity contribution in [1.82, 2.24) is 5.32 Å². The number of hydrogen-bond donors (Lipinski definition) is 2. The molecule has 0 radical (unpaired) electrons. The van der Waals surface area contributed by atoms with Gasteiger partial charge < -0.3 is 15.2 Å². The van der Waals surface area contributed by atoms with Gasteiger partial charge in [0, 0.05) is 24.1 Å². The second-order valence-electron chi connectivity index (χ2n) is 3.51. The minimum absolute atomic E-state index is 0.398. The molecule has 0 aliphatic carbocycles. The van der Waals surface area contributed by atoms with Crippen molar-refractivity contribution in [1.29, 1.82) is 0 Å². The molecule has 82 valence electrons. The Morgan fingerprint density at radius 1 is 1.67 bits per heavy atom. The minimum Gasteiger partial charge on any atom is -0.477 e. The summed E-state index contributed by atoms with van der Waals surface area (Å²) in [6.07, 6.45) is 1.04. The highest BCUT2D eigenvalue weighted by Gasteiger charge is 2.15. The van der Waals surface area contributed by atoms with Gasteiger partial charge in [-0.05, 0) is 18.6 Å². The number of carboxylic acids is 1. The van der Waals surface area contributed by atoms with E-state index in [1.807, 2.05) is 6.07 Å². The highest BCUT2D eigenvalue weighted by Crippen LogP contribution is 2.16. The summed E-state index contributed by atoms with van der Waals surface area (Å²) in [6.45, 7) is 2.31. The van der Waals surface area contributed by atoms with Crippen LogP contribution >= 0.6 is 11.3 Å². The molecule has 1 saturated heterocycles. The molecule has 2 rings (SSSR count). The van der Waals surface area contributed by atoms with E-state index in [1.165, 1.54) is 11.3 Å². The van der Waals surface area contributed by atoms with Crippen LogP contribution in [0.4, 0.5) is 0 Å². The lowest BCUT2D eigenvalue weighted by molar-refractivity contribution is 0.0702. The van der Waals surface area contributed by atoms with E-state index < -0.39 is 5.97 Å². The summed E-state index contributed by atoms with van der Waals surface area (Å²) in [4.78, 5) is 12.1. The standard InChI is InChI=1S/C10H13NO3S/c12-10(13)9-2-1-8(15-9)5-11-7-3-4-14-6-7/h1-2,7,11H,3-6H2,(H,12,13). The maximum Gasteiger partial charge on any atom is 0.345 e. The van der Waals surface area contributed by atoms with E-state index in [0.717, 1.165) is 31.1 Å². The Kier molecular flexibility index (Phi) is 3.35. The van der Waals surface area contributed by atoms with Crippen LogP contribution in [0, 0.1) is 0 Å². The van der Waals surface area contributed by atoms with Gasteiger partial charge >= 0.3 is 5.97 Å². The van der Waals surface area contributed by atoms with E-state index in [1.54, 1.807) is 6.07 Å². The fourth-order valence-corrected chi connectivity index (χ4v) is 2.33. The van der Waals surface area contributed by atoms with Crippen molar-refractivity contribution in [3.05, 3.63) is 21.9 Å². The molecule has 0 aromatic carbocycles. The van der Waals surface area contributed by atoms with Crippen LogP contribution in [0.15, 0.2) is 12.1 Å². The topological polar surface area (TPSA) is 58.6 Å². The molecule has 1 atom stereocenters. The largest absolute Gasteiger partial charge is 0.477 e. The number of ether oxygens (including phenoxy) is 1. The van der Waals surface area contributed by atoms with Crippen LogP contribution in [0.2, 0.25) is 0 Å². The molecule has 0 amide bonds. The van der Waals surface area contributed by atoms with Crippen molar-refractivity contribution in [3.63, 3.8) is 0 Å². The Morgan fingerprint density at radius 2 is 2.53 bits per heavy atom. The molecule has 2 heterocycles. The second kappa shape index (κ2) is 4.74. The number of thiophene rings is 1. The fraction of sp³-hybridized carbons (Fsp3) is 0.500. The molecule has 0 saturated carbocycles. The van der Waals surface area contributed by atoms with E-state index >= 15 is 0 Å². The van der Waals surface area contributed by atoms with Gasteiger partial charge in [-0.3, -0.25) is 0 Å². The Morgan fingerprint density at radius 3 is 3.13 bits per heavy atom. The maximum absolute atomic E-state index is 10.6. The lowest BCUT2D eigenvalue weighted by Crippen LogP contribution is -2.28. The molecule has 0 bridgehead atoms. The lowest BCUT2D eigenvalue weighted by Gasteiger charge is -2.08. The average Bonchev–Trinajstić information content (AvgIpc) is 2.86. The molecule has 0 spiro atoms. The van der Waals surface area contributed by atoms with Crippen LogP contribution in [-0.2, 0) is 11.3 Å². The first kappa shape index (κ1) is 10.6. The van der Waals surface area contributed by atoms with Crippen molar-refractivity contribution < 1.29 is 14.6 Å². The molecule has 2 N–H and O–H groups in total. The number of nitrogens with one attached hydrogen (secondary N) is 1. The molecule has 4 nitrogen and oxygen atoms in total. The maximum atomic E-state index is 10.6. The predicted octanol–water partition coefficient (Wildman–Crippen LogP) is 1.32. The van der Waals surface area contributed by atoms with Gasteiger partial charge in [0.2, 0.25) is 0 Å². The van der Waals surface area contributed by atoms with Gasteiger partial charge in [-0.15, -0.1) is 11.3 Å². The quantitative estimate of drug-likeness (QED) is 0.814. The van der Waals surface area contributed by atoms with Crippen LogP contribution in [0.5, 0.6) is 0 Å². The van der Waals surface area contributed by atoms with E-state index in [2.05, 4.69) is 5.32 Å². The first-order chi connectivity index (χ1) is 7.25. The van der Waals surface area contributed by atoms with Crippen molar-refractivity contribution in [2.45, 2.75) is 19.0 Å². The summed E-state index contributed by atoms with van der Waals surface area (Å²) in [7, 11) is 0. The van der Waals surface area contributed by atoms with E-state index in [4.69, 9.17) is 9.84 Å². The molecule has 1 aliphatic rings. The number of carbonyl (C=O) groups is 1. The van der Waals surface area contributed by atoms with Gasteiger partial charge in [0.05, 0.1) is 6.61 Å². The Labute approximate surface area is 91.9 Å². The summed E-state index contributed by atoms with van der Waals surface area (Å²) in [5.74, 6) is -0.851. The summed E-state index contributed by atoms with van der Waals surface area (Å²) >= 11 is 1.32. The van der Waals surface area contributed by atoms with Crippen LogP contribution in [0.25, 0.3) is 0 Å². The first-order valence-electron chi connectivity index (χ1n) is 4.89. The van der Waals surface area contributed by atoms with E-state index in [9.17, 15) is 4.79 Å². The van der Waals surface area contributed by atoms with Crippen molar-refractivity contribution in [3.8, 4) is 0 Å². The van der Waals surface area contributed by atoms with Gasteiger partial charge in [-0.1, -0.05) is 0 Å². The Balaban J connectivity index is 1.84. The molecule has 1 aliphatic heterocycles. The third-order valence-corrected chi connectivity index (χ3v) is 3.44.